The Hall–Kier alpha value is -1.26. The third-order valence-electron chi connectivity index (χ3n) is 5.55. The first kappa shape index (κ1) is 27.8. The van der Waals surface area contributed by atoms with Crippen molar-refractivity contribution in [3.05, 3.63) is 23.8 Å². The van der Waals surface area contributed by atoms with Crippen LogP contribution in [0.2, 0.25) is 0 Å². The van der Waals surface area contributed by atoms with Crippen molar-refractivity contribution in [2.24, 2.45) is 10.9 Å². The first-order valence-corrected chi connectivity index (χ1v) is 11.2. The van der Waals surface area contributed by atoms with Crippen LogP contribution in [-0.4, -0.2) is 57.6 Å². The number of aliphatic imine (C=N–C) groups is 1. The lowest BCUT2D eigenvalue weighted by atomic mass is 9.98. The number of aliphatic hydroxyl groups is 1. The fourth-order valence-corrected chi connectivity index (χ4v) is 3.98. The zero-order valence-corrected chi connectivity index (χ0v) is 21.7. The minimum absolute atomic E-state index is 0. The maximum atomic E-state index is 10.6. The second-order valence-electron chi connectivity index (χ2n) is 7.64. The highest BCUT2D eigenvalue weighted by Crippen LogP contribution is 2.30. The maximum Gasteiger partial charge on any atom is 0.191 e. The highest BCUT2D eigenvalue weighted by molar-refractivity contribution is 14.0. The van der Waals surface area contributed by atoms with Crippen LogP contribution >= 0.6 is 24.0 Å². The van der Waals surface area contributed by atoms with Gasteiger partial charge in [0.15, 0.2) is 5.96 Å². The van der Waals surface area contributed by atoms with Crippen LogP contribution in [0.1, 0.15) is 57.6 Å². The number of hydrogen-bond donors (Lipinski definition) is 3. The van der Waals surface area contributed by atoms with Gasteiger partial charge in [-0.15, -0.1) is 24.0 Å². The molecule has 0 amide bonds. The van der Waals surface area contributed by atoms with Gasteiger partial charge in [0.05, 0.1) is 33.0 Å². The number of nitrogens with zero attached hydrogens (tertiary/aromatic N) is 1. The summed E-state index contributed by atoms with van der Waals surface area (Å²) in [5.41, 5.74) is 0.712. The van der Waals surface area contributed by atoms with E-state index in [4.69, 9.17) is 14.2 Å². The quantitative estimate of drug-likeness (QED) is 0.209. The average Bonchev–Trinajstić information content (AvgIpc) is 3.31. The molecule has 1 aromatic rings. The molecule has 1 aromatic carbocycles. The van der Waals surface area contributed by atoms with Crippen LogP contribution in [0.3, 0.4) is 0 Å². The summed E-state index contributed by atoms with van der Waals surface area (Å²) in [5.74, 6) is 2.67. The number of hydrogen-bond acceptors (Lipinski definition) is 5. The molecule has 178 valence electrons. The third kappa shape index (κ3) is 9.41. The molecule has 1 fully saturated rings. The normalized spacial score (nSPS) is 16.4. The predicted octanol–water partition coefficient (Wildman–Crippen LogP) is 3.90. The van der Waals surface area contributed by atoms with Crippen molar-refractivity contribution in [3.63, 3.8) is 0 Å². The monoisotopic (exact) mass is 549 g/mol. The Balaban J connectivity index is 0.00000480. The number of halogens is 1. The molecule has 2 rings (SSSR count). The molecule has 0 heterocycles. The summed E-state index contributed by atoms with van der Waals surface area (Å²) in [6.45, 7) is 6.63. The molecule has 7 nitrogen and oxygen atoms in total. The number of aliphatic hydroxyl groups excluding tert-OH is 1. The van der Waals surface area contributed by atoms with Crippen molar-refractivity contribution in [1.29, 1.82) is 0 Å². The fraction of sp³-hybridized carbons (Fsp3) is 0.696. The van der Waals surface area contributed by atoms with Crippen LogP contribution in [0, 0.1) is 5.92 Å². The number of guanidine groups is 1. The van der Waals surface area contributed by atoms with Gasteiger partial charge in [0, 0.05) is 25.8 Å². The molecule has 2 unspecified atom stereocenters. The van der Waals surface area contributed by atoms with Crippen molar-refractivity contribution in [1.82, 2.24) is 10.6 Å². The van der Waals surface area contributed by atoms with Gasteiger partial charge in [-0.2, -0.15) is 0 Å². The van der Waals surface area contributed by atoms with Crippen LogP contribution in [0.4, 0.5) is 0 Å². The highest BCUT2D eigenvalue weighted by Gasteiger charge is 2.25. The Morgan fingerprint density at radius 1 is 1.10 bits per heavy atom. The zero-order valence-electron chi connectivity index (χ0n) is 19.4. The van der Waals surface area contributed by atoms with Crippen LogP contribution in [-0.2, 0) is 4.74 Å². The van der Waals surface area contributed by atoms with Crippen LogP contribution in [0.25, 0.3) is 0 Å². The average molecular weight is 549 g/mol. The summed E-state index contributed by atoms with van der Waals surface area (Å²) < 4.78 is 16.6. The van der Waals surface area contributed by atoms with Gasteiger partial charge in [-0.1, -0.05) is 12.8 Å². The highest BCUT2D eigenvalue weighted by atomic mass is 127. The molecule has 1 aliphatic rings. The van der Waals surface area contributed by atoms with Gasteiger partial charge in [-0.25, -0.2) is 0 Å². The van der Waals surface area contributed by atoms with Crippen molar-refractivity contribution >= 4 is 29.9 Å². The Morgan fingerprint density at radius 2 is 1.74 bits per heavy atom. The molecule has 1 saturated carbocycles. The van der Waals surface area contributed by atoms with E-state index in [1.807, 2.05) is 6.92 Å². The van der Waals surface area contributed by atoms with Gasteiger partial charge in [-0.3, -0.25) is 4.99 Å². The number of methoxy groups -OCH3 is 2. The zero-order chi connectivity index (χ0) is 21.8. The van der Waals surface area contributed by atoms with Gasteiger partial charge >= 0.3 is 0 Å². The Labute approximate surface area is 204 Å². The first-order chi connectivity index (χ1) is 14.6. The SMILES string of the molecule is CCNC(=NCC(O)c1cc(OC)cc(OC)c1)NCCC(OCC)C1CCCC1.I. The molecule has 0 aliphatic heterocycles. The number of rotatable bonds is 12. The minimum atomic E-state index is -0.751. The smallest absolute Gasteiger partial charge is 0.191 e. The number of benzene rings is 1. The second-order valence-corrected chi connectivity index (χ2v) is 7.64. The van der Waals surface area contributed by atoms with E-state index in [9.17, 15) is 5.11 Å². The summed E-state index contributed by atoms with van der Waals surface area (Å²) in [4.78, 5) is 4.56. The molecule has 0 spiro atoms. The Kier molecular flexibility index (Phi) is 13.9. The molecule has 0 saturated heterocycles. The maximum absolute atomic E-state index is 10.6. The molecule has 0 aromatic heterocycles. The lowest BCUT2D eigenvalue weighted by Gasteiger charge is -2.24. The second kappa shape index (κ2) is 15.5. The molecule has 31 heavy (non-hydrogen) atoms. The van der Waals surface area contributed by atoms with E-state index in [-0.39, 0.29) is 30.5 Å². The standard InChI is InChI=1S/C23H39N3O4.HI/c1-5-24-23(25-12-11-22(30-6-2)17-9-7-8-10-17)26-16-21(27)18-13-19(28-3)15-20(14-18)29-4;/h13-15,17,21-22,27H,5-12,16H2,1-4H3,(H2,24,25,26);1H. The predicted molar refractivity (Wildman–Crippen MR) is 136 cm³/mol. The van der Waals surface area contributed by atoms with Crippen LogP contribution < -0.4 is 20.1 Å². The van der Waals surface area contributed by atoms with E-state index in [0.29, 0.717) is 35.0 Å². The van der Waals surface area contributed by atoms with E-state index in [0.717, 1.165) is 26.1 Å². The molecular weight excluding hydrogens is 509 g/mol. The molecule has 2 atom stereocenters. The van der Waals surface area contributed by atoms with E-state index < -0.39 is 6.10 Å². The van der Waals surface area contributed by atoms with E-state index in [2.05, 4.69) is 22.5 Å². The van der Waals surface area contributed by atoms with Gasteiger partial charge < -0.3 is 30.0 Å². The lowest BCUT2D eigenvalue weighted by molar-refractivity contribution is 0.0169. The van der Waals surface area contributed by atoms with Gasteiger partial charge in [0.25, 0.3) is 0 Å². The summed E-state index contributed by atoms with van der Waals surface area (Å²) in [7, 11) is 3.19. The molecule has 1 aliphatic carbocycles. The number of nitrogens with one attached hydrogen (secondary N) is 2. The van der Waals surface area contributed by atoms with Crippen molar-refractivity contribution in [2.45, 2.75) is 58.2 Å². The summed E-state index contributed by atoms with van der Waals surface area (Å²) in [5, 5.41) is 17.2. The van der Waals surface area contributed by atoms with E-state index in [1.54, 1.807) is 32.4 Å². The Morgan fingerprint density at radius 3 is 2.29 bits per heavy atom. The number of ether oxygens (including phenoxy) is 3. The van der Waals surface area contributed by atoms with Gasteiger partial charge in [-0.05, 0) is 56.7 Å². The summed E-state index contributed by atoms with van der Waals surface area (Å²) >= 11 is 0. The van der Waals surface area contributed by atoms with Gasteiger partial charge in [0.1, 0.15) is 11.5 Å². The third-order valence-corrected chi connectivity index (χ3v) is 5.55. The fourth-order valence-electron chi connectivity index (χ4n) is 3.98. The van der Waals surface area contributed by atoms with Crippen molar-refractivity contribution < 1.29 is 19.3 Å². The molecule has 8 heteroatoms. The van der Waals surface area contributed by atoms with Crippen LogP contribution in [0.5, 0.6) is 11.5 Å². The summed E-state index contributed by atoms with van der Waals surface area (Å²) in [6.07, 6.45) is 5.70. The summed E-state index contributed by atoms with van der Waals surface area (Å²) in [6, 6.07) is 5.39. The molecule has 0 radical (unpaired) electrons. The minimum Gasteiger partial charge on any atom is -0.497 e. The molecule has 3 N–H and O–H groups in total. The Bertz CT molecular complexity index is 631. The molecule has 0 bridgehead atoms. The van der Waals surface area contributed by atoms with Crippen molar-refractivity contribution in [3.8, 4) is 11.5 Å². The van der Waals surface area contributed by atoms with E-state index >= 15 is 0 Å². The first-order valence-electron chi connectivity index (χ1n) is 11.2. The van der Waals surface area contributed by atoms with Crippen LogP contribution in [0.15, 0.2) is 23.2 Å². The lowest BCUT2D eigenvalue weighted by Crippen LogP contribution is -2.39. The largest absolute Gasteiger partial charge is 0.497 e. The molecular formula is C23H40IN3O4. The topological polar surface area (TPSA) is 84.3 Å². The van der Waals surface area contributed by atoms with Gasteiger partial charge in [0.2, 0.25) is 0 Å². The van der Waals surface area contributed by atoms with E-state index in [1.165, 1.54) is 25.7 Å². The van der Waals surface area contributed by atoms with Crippen molar-refractivity contribution in [2.75, 3.05) is 40.5 Å².